The van der Waals surface area contributed by atoms with Crippen molar-refractivity contribution in [2.24, 2.45) is 18.9 Å². The summed E-state index contributed by atoms with van der Waals surface area (Å²) in [5.74, 6) is -2.31. The second-order valence-corrected chi connectivity index (χ2v) is 14.2. The quantitative estimate of drug-likeness (QED) is 0.0405. The molecule has 0 spiro atoms. The average Bonchev–Trinajstić information content (AvgIpc) is 3.70. The minimum absolute atomic E-state index is 0.0828. The summed E-state index contributed by atoms with van der Waals surface area (Å²) in [5.41, 5.74) is -2.74. The van der Waals surface area contributed by atoms with E-state index in [-0.39, 0.29) is 41.3 Å². The maximum absolute atomic E-state index is 13.6. The molecule has 4 atom stereocenters. The topological polar surface area (TPSA) is 205 Å². The van der Waals surface area contributed by atoms with Crippen LogP contribution in [0, 0.1) is 28.9 Å². The van der Waals surface area contributed by atoms with Gasteiger partial charge in [-0.3, -0.25) is 24.1 Å². The molecule has 51 heavy (non-hydrogen) atoms. The van der Waals surface area contributed by atoms with Gasteiger partial charge in [0.05, 0.1) is 33.4 Å². The molecule has 6 rings (SSSR count). The van der Waals surface area contributed by atoms with Crippen molar-refractivity contribution < 1.29 is 59.9 Å². The van der Waals surface area contributed by atoms with Gasteiger partial charge < -0.3 is 19.3 Å². The van der Waals surface area contributed by atoms with Crippen LogP contribution < -0.4 is 4.57 Å². The molecule has 4 aromatic rings. The van der Waals surface area contributed by atoms with E-state index in [2.05, 4.69) is 4.98 Å². The molecule has 3 aromatic heterocycles. The number of aliphatic hydroxyl groups is 1. The predicted octanol–water partition coefficient (Wildman–Crippen LogP) is 3.03. The lowest BCUT2D eigenvalue weighted by molar-refractivity contribution is -0.677. The molecule has 1 N–H and O–H groups in total. The number of β-lactam (4-membered cyclic amide) rings is 1. The summed E-state index contributed by atoms with van der Waals surface area (Å²) in [6.45, 7) is 5.24. The van der Waals surface area contributed by atoms with Gasteiger partial charge in [-0.1, -0.05) is 6.92 Å². The highest BCUT2D eigenvalue weighted by atomic mass is 32.2. The number of aromatic nitrogens is 3. The minimum atomic E-state index is -6.09. The number of non-ortho nitro benzene ring substituents is 1. The number of rotatable bonds is 8. The van der Waals surface area contributed by atoms with E-state index < -0.39 is 44.6 Å². The Balaban J connectivity index is 0.000000565. The third kappa shape index (κ3) is 6.99. The van der Waals surface area contributed by atoms with E-state index in [1.165, 1.54) is 40.5 Å². The molecule has 0 aliphatic carbocycles. The number of halogens is 3. The number of nitrogens with zero attached hydrogens (tertiary/aromatic N) is 5. The van der Waals surface area contributed by atoms with Crippen LogP contribution in [0.1, 0.15) is 46.0 Å². The molecule has 1 amide bonds. The molecule has 20 heteroatoms. The number of benzene rings is 1. The monoisotopic (exact) mass is 751 g/mol. The van der Waals surface area contributed by atoms with E-state index in [0.717, 1.165) is 5.69 Å². The molecule has 1 aromatic carbocycles. The maximum Gasteiger partial charge on any atom is 0.485 e. The number of thiazole rings is 1. The number of amides is 1. The number of carbonyl (C=O) groups is 3. The van der Waals surface area contributed by atoms with Crippen LogP contribution in [0.3, 0.4) is 0 Å². The fourth-order valence-electron chi connectivity index (χ4n) is 5.85. The predicted molar refractivity (Wildman–Crippen MR) is 169 cm³/mol. The van der Waals surface area contributed by atoms with Gasteiger partial charge in [0.1, 0.15) is 36.2 Å². The van der Waals surface area contributed by atoms with Gasteiger partial charge in [-0.2, -0.15) is 13.2 Å². The smallest absolute Gasteiger partial charge is 0.485 e. The summed E-state index contributed by atoms with van der Waals surface area (Å²) in [7, 11) is -4.23. The van der Waals surface area contributed by atoms with Crippen molar-refractivity contribution in [1.29, 1.82) is 0 Å². The van der Waals surface area contributed by atoms with Crippen LogP contribution in [-0.4, -0.2) is 72.6 Å². The number of imidazole rings is 1. The number of nitro benzene ring substituents is 1. The number of nitro groups is 1. The van der Waals surface area contributed by atoms with Crippen LogP contribution in [0.25, 0.3) is 10.4 Å². The molecule has 15 nitrogen and oxygen atoms in total. The van der Waals surface area contributed by atoms with Crippen molar-refractivity contribution in [2.75, 3.05) is 0 Å². The second-order valence-electron chi connectivity index (χ2n) is 11.8. The molecule has 0 bridgehead atoms. The zero-order chi connectivity index (χ0) is 37.7. The fraction of sp³-hybridized carbons (Fsp3) is 0.323. The highest BCUT2D eigenvalue weighted by Crippen LogP contribution is 2.52. The van der Waals surface area contributed by atoms with Crippen molar-refractivity contribution in [3.8, 4) is 0 Å². The number of fused-ring (bicyclic) bond motifs is 2. The molecule has 5 heterocycles. The van der Waals surface area contributed by atoms with Crippen molar-refractivity contribution in [3.63, 3.8) is 0 Å². The number of hydrogen-bond donors (Lipinski definition) is 1. The van der Waals surface area contributed by atoms with E-state index in [9.17, 15) is 42.8 Å². The van der Waals surface area contributed by atoms with Gasteiger partial charge in [0.25, 0.3) is 5.69 Å². The molecule has 0 radical (unpaired) electrons. The molecule has 0 saturated carbocycles. The molecule has 1 saturated heterocycles. The Morgan fingerprint density at radius 3 is 2.37 bits per heavy atom. The Hall–Kier alpha value is -5.05. The Morgan fingerprint density at radius 2 is 1.82 bits per heavy atom. The summed E-state index contributed by atoms with van der Waals surface area (Å²) in [4.78, 5) is 57.7. The maximum atomic E-state index is 13.6. The fourth-order valence-corrected chi connectivity index (χ4v) is 7.06. The van der Waals surface area contributed by atoms with E-state index in [1.54, 1.807) is 36.1 Å². The Morgan fingerprint density at radius 1 is 1.20 bits per heavy atom. The first-order chi connectivity index (χ1) is 23.7. The number of aryl methyl sites for hydroxylation is 2. The molecule has 0 unspecified atom stereocenters. The Kier molecular flexibility index (Phi) is 9.91. The second kappa shape index (κ2) is 13.6. The van der Waals surface area contributed by atoms with Gasteiger partial charge in [-0.15, -0.1) is 11.3 Å². The van der Waals surface area contributed by atoms with Crippen molar-refractivity contribution in [1.82, 2.24) is 14.3 Å². The van der Waals surface area contributed by atoms with E-state index in [4.69, 9.17) is 17.7 Å². The molecule has 2 aliphatic heterocycles. The lowest BCUT2D eigenvalue weighted by Gasteiger charge is -2.46. The lowest BCUT2D eigenvalue weighted by atomic mass is 9.77. The van der Waals surface area contributed by atoms with Crippen molar-refractivity contribution in [3.05, 3.63) is 98.3 Å². The first-order valence-electron chi connectivity index (χ1n) is 14.9. The van der Waals surface area contributed by atoms with Gasteiger partial charge in [0, 0.05) is 42.8 Å². The number of ether oxygens (including phenoxy) is 1. The highest BCUT2D eigenvalue weighted by Gasteiger charge is 2.60. The highest BCUT2D eigenvalue weighted by molar-refractivity contribution is 7.86. The normalized spacial score (nSPS) is 19.3. The van der Waals surface area contributed by atoms with Crippen molar-refractivity contribution >= 4 is 55.2 Å². The number of aliphatic hydroxyl groups excluding tert-OH is 1. The van der Waals surface area contributed by atoms with Gasteiger partial charge in [-0.25, -0.2) is 22.8 Å². The number of carbonyl (C=O) groups excluding carboxylic acids is 3. The molecule has 1 fully saturated rings. The third-order valence-electron chi connectivity index (χ3n) is 8.51. The molecular formula is C31H28F3N5O10S2. The van der Waals surface area contributed by atoms with Crippen LogP contribution in [0.4, 0.5) is 18.9 Å². The summed E-state index contributed by atoms with van der Waals surface area (Å²) in [6.07, 6.45) is 4.17. The van der Waals surface area contributed by atoms with Crippen LogP contribution >= 0.6 is 11.3 Å². The molecule has 270 valence electrons. The first kappa shape index (κ1) is 37.2. The standard InChI is InChI=1S/C30H28N5O7S.CHF3O3S/c1-15-5-8-19(11-32(15)4)27(37)24-29-33(14-31-24)12-21(43-29)22-16(2)25-23(17(3)36)28(38)34(25)26(22)30(39)42-13-18-6-9-20(10-7-18)35(40)41;2-1(3,4)8(5,6)7/h5-12,14,16-17,23,25,36H,13H2,1-4H3;(H,5,6,7)/q+1;/p-1/t16-,17+,23+,25+;/m0./s1. The van der Waals surface area contributed by atoms with Gasteiger partial charge in [0.15, 0.2) is 22.0 Å². The van der Waals surface area contributed by atoms with Gasteiger partial charge >= 0.3 is 11.5 Å². The third-order valence-corrected chi connectivity index (χ3v) is 10.2. The van der Waals surface area contributed by atoms with Gasteiger partial charge in [0.2, 0.25) is 11.7 Å². The Bertz CT molecular complexity index is 2210. The van der Waals surface area contributed by atoms with E-state index >= 15 is 0 Å². The summed E-state index contributed by atoms with van der Waals surface area (Å²) in [5, 5.41) is 21.3. The summed E-state index contributed by atoms with van der Waals surface area (Å²) < 4.78 is 68.1. The first-order valence-corrected chi connectivity index (χ1v) is 17.1. The van der Waals surface area contributed by atoms with Crippen molar-refractivity contribution in [2.45, 2.75) is 45.0 Å². The summed E-state index contributed by atoms with van der Waals surface area (Å²) >= 11 is 1.29. The number of ketones is 1. The number of hydrogen-bond acceptors (Lipinski definition) is 12. The van der Waals surface area contributed by atoms with Crippen LogP contribution in [0.2, 0.25) is 0 Å². The lowest BCUT2D eigenvalue weighted by Crippen LogP contribution is -2.63. The SMILES string of the molecule is Cc1ccc(C(=O)c2ncn3cc(C4=C(C(=O)OCc5ccc([N+](=O)[O-])cc5)N5C(=O)[C@H]([C@@H](C)O)[C@H]5[C@H]4C)sc23)c[n+]1C.O=S(=O)([O-])C(F)(F)F. The molecule has 2 aliphatic rings. The van der Waals surface area contributed by atoms with E-state index in [0.29, 0.717) is 26.4 Å². The zero-order valence-corrected chi connectivity index (χ0v) is 28.7. The zero-order valence-electron chi connectivity index (χ0n) is 27.0. The van der Waals surface area contributed by atoms with Crippen LogP contribution in [-0.2, 0) is 38.1 Å². The number of alkyl halides is 3. The van der Waals surface area contributed by atoms with Crippen LogP contribution in [0.15, 0.2) is 60.8 Å². The van der Waals surface area contributed by atoms with E-state index in [1.807, 2.05) is 31.5 Å². The minimum Gasteiger partial charge on any atom is -0.741 e. The van der Waals surface area contributed by atoms with Gasteiger partial charge in [-0.05, 0) is 30.7 Å². The largest absolute Gasteiger partial charge is 0.741 e. The van der Waals surface area contributed by atoms with Crippen LogP contribution in [0.5, 0.6) is 0 Å². The Labute approximate surface area is 291 Å². The number of pyridine rings is 1. The number of esters is 1. The summed E-state index contributed by atoms with van der Waals surface area (Å²) in [6, 6.07) is 8.84. The molecular weight excluding hydrogens is 723 g/mol. The average molecular weight is 752 g/mol.